The molecule has 0 amide bonds. The zero-order chi connectivity index (χ0) is 18.9. The van der Waals surface area contributed by atoms with Crippen LogP contribution < -0.4 is 4.90 Å². The van der Waals surface area contributed by atoms with Crippen LogP contribution in [0.4, 0.5) is 4.39 Å². The summed E-state index contributed by atoms with van der Waals surface area (Å²) in [5, 5.41) is 4.07. The van der Waals surface area contributed by atoms with E-state index in [2.05, 4.69) is 5.16 Å². The number of piperazine rings is 1. The van der Waals surface area contributed by atoms with Crippen LogP contribution in [0.5, 0.6) is 0 Å². The minimum absolute atomic E-state index is 0.118. The first-order valence-electron chi connectivity index (χ1n) is 8.61. The van der Waals surface area contributed by atoms with Crippen LogP contribution in [0.15, 0.2) is 62.6 Å². The molecule has 0 atom stereocenters. The van der Waals surface area contributed by atoms with E-state index in [9.17, 15) is 12.8 Å². The van der Waals surface area contributed by atoms with Gasteiger partial charge in [-0.1, -0.05) is 5.16 Å². The Kier molecular flexibility index (Phi) is 4.81. The van der Waals surface area contributed by atoms with Crippen molar-refractivity contribution in [2.75, 3.05) is 26.2 Å². The number of hydrogen-bond donors (Lipinski definition) is 1. The highest BCUT2D eigenvalue weighted by Crippen LogP contribution is 2.20. The number of halogens is 1. The van der Waals surface area contributed by atoms with Crippen molar-refractivity contribution < 1.29 is 26.6 Å². The van der Waals surface area contributed by atoms with E-state index in [1.165, 1.54) is 21.3 Å². The molecule has 142 valence electrons. The number of hydrogen-bond acceptors (Lipinski definition) is 5. The minimum atomic E-state index is -3.59. The average Bonchev–Trinajstić information content (AvgIpc) is 3.34. The molecule has 9 heteroatoms. The third kappa shape index (κ3) is 3.80. The van der Waals surface area contributed by atoms with E-state index in [0.29, 0.717) is 44.2 Å². The SMILES string of the molecule is O=S(=O)(c1ccc(F)cc1)N1CC[NH+](Cc2cc(-c3ccco3)on2)CC1. The summed E-state index contributed by atoms with van der Waals surface area (Å²) in [5.41, 5.74) is 0.797. The maximum atomic E-state index is 13.0. The number of furan rings is 1. The lowest BCUT2D eigenvalue weighted by molar-refractivity contribution is -0.917. The lowest BCUT2D eigenvalue weighted by atomic mass is 10.3. The van der Waals surface area contributed by atoms with Crippen molar-refractivity contribution in [3.8, 4) is 11.5 Å². The van der Waals surface area contributed by atoms with Gasteiger partial charge in [0.25, 0.3) is 0 Å². The average molecular weight is 392 g/mol. The molecule has 0 unspecified atom stereocenters. The molecule has 0 spiro atoms. The van der Waals surface area contributed by atoms with E-state index in [1.807, 2.05) is 6.07 Å². The molecule has 1 aromatic carbocycles. The van der Waals surface area contributed by atoms with Crippen LogP contribution in [-0.2, 0) is 16.6 Å². The summed E-state index contributed by atoms with van der Waals surface area (Å²) in [5.74, 6) is 0.746. The molecule has 3 aromatic rings. The first kappa shape index (κ1) is 17.9. The van der Waals surface area contributed by atoms with Crippen molar-refractivity contribution in [3.05, 3.63) is 60.2 Å². The van der Waals surface area contributed by atoms with E-state index < -0.39 is 15.8 Å². The van der Waals surface area contributed by atoms with Crippen molar-refractivity contribution in [1.29, 1.82) is 0 Å². The van der Waals surface area contributed by atoms with Gasteiger partial charge in [0, 0.05) is 6.07 Å². The quantitative estimate of drug-likeness (QED) is 0.705. The molecule has 1 aliphatic rings. The molecule has 0 bridgehead atoms. The topological polar surface area (TPSA) is 81.0 Å². The van der Waals surface area contributed by atoms with Gasteiger partial charge in [0.1, 0.15) is 18.1 Å². The highest BCUT2D eigenvalue weighted by Gasteiger charge is 2.30. The number of sulfonamides is 1. The van der Waals surface area contributed by atoms with Crippen molar-refractivity contribution in [1.82, 2.24) is 9.46 Å². The molecule has 2 aromatic heterocycles. The molecular formula is C18H19FN3O4S+. The van der Waals surface area contributed by atoms with Crippen LogP contribution in [0.2, 0.25) is 0 Å². The molecule has 1 saturated heterocycles. The molecule has 4 rings (SSSR count). The number of nitrogens with one attached hydrogen (secondary N) is 1. The Balaban J connectivity index is 1.37. The normalized spacial score (nSPS) is 16.6. The number of rotatable bonds is 5. The second-order valence-electron chi connectivity index (χ2n) is 6.44. The second kappa shape index (κ2) is 7.26. The monoisotopic (exact) mass is 392 g/mol. The molecule has 1 N–H and O–H groups in total. The van der Waals surface area contributed by atoms with Crippen molar-refractivity contribution >= 4 is 10.0 Å². The molecule has 0 radical (unpaired) electrons. The van der Waals surface area contributed by atoms with Crippen LogP contribution in [-0.4, -0.2) is 44.1 Å². The highest BCUT2D eigenvalue weighted by molar-refractivity contribution is 7.89. The Bertz CT molecular complexity index is 992. The lowest BCUT2D eigenvalue weighted by Crippen LogP contribution is -3.13. The summed E-state index contributed by atoms with van der Waals surface area (Å²) in [6, 6.07) is 10.4. The smallest absolute Gasteiger partial charge is 0.243 e. The van der Waals surface area contributed by atoms with Crippen LogP contribution >= 0.6 is 0 Å². The van der Waals surface area contributed by atoms with Crippen molar-refractivity contribution in [2.45, 2.75) is 11.4 Å². The Morgan fingerprint density at radius 2 is 1.85 bits per heavy atom. The predicted octanol–water partition coefficient (Wildman–Crippen LogP) is 1.16. The summed E-state index contributed by atoms with van der Waals surface area (Å²) in [6.45, 7) is 2.76. The van der Waals surface area contributed by atoms with Crippen LogP contribution in [0, 0.1) is 5.82 Å². The summed E-state index contributed by atoms with van der Waals surface area (Å²) in [6.07, 6.45) is 1.57. The molecule has 1 fully saturated rings. The Morgan fingerprint density at radius 3 is 2.52 bits per heavy atom. The Hall–Kier alpha value is -2.49. The number of nitrogens with zero attached hydrogens (tertiary/aromatic N) is 2. The van der Waals surface area contributed by atoms with Gasteiger partial charge in [-0.2, -0.15) is 4.31 Å². The van der Waals surface area contributed by atoms with E-state index in [0.717, 1.165) is 17.8 Å². The standard InChI is InChI=1S/C18H18FN3O4S/c19-14-3-5-16(6-4-14)27(23,24)22-9-7-21(8-10-22)13-15-12-18(26-20-15)17-2-1-11-25-17/h1-6,11-12H,7-10,13H2/p+1. The van der Waals surface area contributed by atoms with Gasteiger partial charge in [-0.25, -0.2) is 12.8 Å². The van der Waals surface area contributed by atoms with Gasteiger partial charge in [-0.05, 0) is 36.4 Å². The first-order valence-corrected chi connectivity index (χ1v) is 10.0. The maximum Gasteiger partial charge on any atom is 0.243 e. The van der Waals surface area contributed by atoms with Crippen LogP contribution in [0.25, 0.3) is 11.5 Å². The molecule has 7 nitrogen and oxygen atoms in total. The summed E-state index contributed by atoms with van der Waals surface area (Å²) in [7, 11) is -3.59. The number of aromatic nitrogens is 1. The van der Waals surface area contributed by atoms with Crippen molar-refractivity contribution in [3.63, 3.8) is 0 Å². The molecule has 27 heavy (non-hydrogen) atoms. The minimum Gasteiger partial charge on any atom is -0.461 e. The molecule has 0 saturated carbocycles. The van der Waals surface area contributed by atoms with E-state index in [1.54, 1.807) is 18.4 Å². The van der Waals surface area contributed by atoms with Gasteiger partial charge >= 0.3 is 0 Å². The van der Waals surface area contributed by atoms with Crippen molar-refractivity contribution in [2.24, 2.45) is 0 Å². The zero-order valence-corrected chi connectivity index (χ0v) is 15.3. The fourth-order valence-electron chi connectivity index (χ4n) is 3.16. The van der Waals surface area contributed by atoms with Crippen LogP contribution in [0.1, 0.15) is 5.69 Å². The maximum absolute atomic E-state index is 13.0. The predicted molar refractivity (Wildman–Crippen MR) is 93.8 cm³/mol. The van der Waals surface area contributed by atoms with Crippen LogP contribution in [0.3, 0.4) is 0 Å². The van der Waals surface area contributed by atoms with E-state index in [-0.39, 0.29) is 4.90 Å². The van der Waals surface area contributed by atoms with Gasteiger partial charge in [0.05, 0.1) is 37.3 Å². The Morgan fingerprint density at radius 1 is 1.11 bits per heavy atom. The van der Waals surface area contributed by atoms with Gasteiger partial charge in [-0.3, -0.25) is 0 Å². The van der Waals surface area contributed by atoms with E-state index in [4.69, 9.17) is 8.94 Å². The number of benzene rings is 1. The fourth-order valence-corrected chi connectivity index (χ4v) is 4.60. The molecule has 3 heterocycles. The Labute approximate surface area is 156 Å². The van der Waals surface area contributed by atoms with Gasteiger partial charge in [0.15, 0.2) is 5.76 Å². The third-order valence-corrected chi connectivity index (χ3v) is 6.55. The summed E-state index contributed by atoms with van der Waals surface area (Å²) >= 11 is 0. The van der Waals surface area contributed by atoms with Gasteiger partial charge in [0.2, 0.25) is 15.8 Å². The molecular weight excluding hydrogens is 373 g/mol. The highest BCUT2D eigenvalue weighted by atomic mass is 32.2. The third-order valence-electron chi connectivity index (χ3n) is 4.64. The van der Waals surface area contributed by atoms with E-state index >= 15 is 0 Å². The first-order chi connectivity index (χ1) is 13.0. The summed E-state index contributed by atoms with van der Waals surface area (Å²) < 4.78 is 50.4. The fraction of sp³-hybridized carbons (Fsp3) is 0.278. The largest absolute Gasteiger partial charge is 0.461 e. The second-order valence-corrected chi connectivity index (χ2v) is 8.38. The zero-order valence-electron chi connectivity index (χ0n) is 14.5. The van der Waals surface area contributed by atoms with Gasteiger partial charge in [-0.15, -0.1) is 0 Å². The van der Waals surface area contributed by atoms with Gasteiger partial charge < -0.3 is 13.8 Å². The lowest BCUT2D eigenvalue weighted by Gasteiger charge is -2.31. The molecule has 0 aliphatic carbocycles. The summed E-state index contributed by atoms with van der Waals surface area (Å²) in [4.78, 5) is 1.34. The molecule has 1 aliphatic heterocycles. The number of quaternary nitrogens is 1.